The van der Waals surface area contributed by atoms with Crippen LogP contribution in [-0.2, 0) is 4.79 Å². The summed E-state index contributed by atoms with van der Waals surface area (Å²) in [4.78, 5) is 11.1. The van der Waals surface area contributed by atoms with Crippen LogP contribution in [0.15, 0.2) is 24.3 Å². The number of anilines is 1. The Morgan fingerprint density at radius 2 is 2.12 bits per heavy atom. The molecule has 0 unspecified atom stereocenters. The van der Waals surface area contributed by atoms with Gasteiger partial charge >= 0.3 is 0 Å². The van der Waals surface area contributed by atoms with Crippen LogP contribution in [0.5, 0.6) is 5.75 Å². The molecule has 1 rings (SSSR count). The lowest BCUT2D eigenvalue weighted by molar-refractivity contribution is -0.111. The smallest absolute Gasteiger partial charge is 0.300 e. The Hall–Kier alpha value is -1.99. The molecule has 1 aromatic rings. The summed E-state index contributed by atoms with van der Waals surface area (Å²) in [5.74, 6) is 5.33. The lowest BCUT2D eigenvalue weighted by atomic mass is 10.3. The van der Waals surface area contributed by atoms with Gasteiger partial charge in [-0.3, -0.25) is 4.79 Å². The average Bonchev–Trinajstić information content (AvgIpc) is 2.28. The molecule has 0 aliphatic carbocycles. The van der Waals surface area contributed by atoms with E-state index in [1.807, 2.05) is 0 Å². The van der Waals surface area contributed by atoms with Crippen molar-refractivity contribution >= 4 is 11.6 Å². The molecule has 0 bridgehead atoms. The molecule has 1 aromatic carbocycles. The van der Waals surface area contributed by atoms with Gasteiger partial charge in [0.25, 0.3) is 5.91 Å². The van der Waals surface area contributed by atoms with E-state index in [4.69, 9.17) is 10.5 Å². The monoisotopic (exact) mass is 218 g/mol. The largest absolute Gasteiger partial charge is 0.492 e. The standard InChI is InChI=1S/C12H14N2O2/c1-2-3-12(15)14-10-4-6-11(7-5-10)16-9-8-13/h4-7H,8-9,13H2,1H3,(H,14,15). The molecule has 0 saturated carbocycles. The zero-order valence-electron chi connectivity index (χ0n) is 9.12. The van der Waals surface area contributed by atoms with Crippen LogP contribution in [-0.4, -0.2) is 19.1 Å². The van der Waals surface area contributed by atoms with Crippen LogP contribution in [0.25, 0.3) is 0 Å². The van der Waals surface area contributed by atoms with Crippen molar-refractivity contribution in [1.82, 2.24) is 0 Å². The number of hydrogen-bond donors (Lipinski definition) is 2. The van der Waals surface area contributed by atoms with Crippen LogP contribution in [0.1, 0.15) is 6.92 Å². The zero-order valence-corrected chi connectivity index (χ0v) is 9.12. The molecule has 0 aromatic heterocycles. The van der Waals surface area contributed by atoms with Gasteiger partial charge in [-0.25, -0.2) is 0 Å². The van der Waals surface area contributed by atoms with Gasteiger partial charge in [-0.15, -0.1) is 0 Å². The minimum absolute atomic E-state index is 0.321. The maximum absolute atomic E-state index is 11.1. The summed E-state index contributed by atoms with van der Waals surface area (Å²) >= 11 is 0. The van der Waals surface area contributed by atoms with Crippen molar-refractivity contribution in [2.75, 3.05) is 18.5 Å². The highest BCUT2D eigenvalue weighted by atomic mass is 16.5. The molecule has 1 amide bonds. The van der Waals surface area contributed by atoms with Crippen molar-refractivity contribution in [3.05, 3.63) is 24.3 Å². The van der Waals surface area contributed by atoms with E-state index in [0.717, 1.165) is 5.75 Å². The number of ether oxygens (including phenoxy) is 1. The Bertz CT molecular complexity index is 401. The minimum Gasteiger partial charge on any atom is -0.492 e. The SMILES string of the molecule is CC#CC(=O)Nc1ccc(OCCN)cc1. The van der Waals surface area contributed by atoms with E-state index in [0.29, 0.717) is 18.8 Å². The van der Waals surface area contributed by atoms with Crippen LogP contribution in [0.3, 0.4) is 0 Å². The Morgan fingerprint density at radius 3 is 2.69 bits per heavy atom. The third-order valence-corrected chi connectivity index (χ3v) is 1.74. The summed E-state index contributed by atoms with van der Waals surface area (Å²) in [5.41, 5.74) is 6.00. The van der Waals surface area contributed by atoms with E-state index in [9.17, 15) is 4.79 Å². The van der Waals surface area contributed by atoms with E-state index in [-0.39, 0.29) is 5.91 Å². The van der Waals surface area contributed by atoms with Crippen LogP contribution >= 0.6 is 0 Å². The fourth-order valence-electron chi connectivity index (χ4n) is 1.09. The lowest BCUT2D eigenvalue weighted by Crippen LogP contribution is -2.11. The second-order valence-electron chi connectivity index (χ2n) is 2.99. The highest BCUT2D eigenvalue weighted by molar-refractivity contribution is 6.03. The quantitative estimate of drug-likeness (QED) is 0.740. The molecular formula is C12H14N2O2. The molecule has 0 radical (unpaired) electrons. The van der Waals surface area contributed by atoms with Gasteiger partial charge < -0.3 is 15.8 Å². The number of hydrogen-bond acceptors (Lipinski definition) is 3. The van der Waals surface area contributed by atoms with E-state index in [2.05, 4.69) is 17.2 Å². The Morgan fingerprint density at radius 1 is 1.44 bits per heavy atom. The van der Waals surface area contributed by atoms with Crippen LogP contribution < -0.4 is 15.8 Å². The molecular weight excluding hydrogens is 204 g/mol. The van der Waals surface area contributed by atoms with Gasteiger partial charge in [0.15, 0.2) is 0 Å². The van der Waals surface area contributed by atoms with Gasteiger partial charge in [0.2, 0.25) is 0 Å². The summed E-state index contributed by atoms with van der Waals surface area (Å²) in [6.07, 6.45) is 0. The van der Waals surface area contributed by atoms with Crippen LogP contribution in [0, 0.1) is 11.8 Å². The van der Waals surface area contributed by atoms with E-state index in [1.54, 1.807) is 31.2 Å². The molecule has 0 spiro atoms. The number of nitrogens with two attached hydrogens (primary N) is 1. The number of benzene rings is 1. The second kappa shape index (κ2) is 6.49. The van der Waals surface area contributed by atoms with E-state index < -0.39 is 0 Å². The second-order valence-corrected chi connectivity index (χ2v) is 2.99. The molecule has 16 heavy (non-hydrogen) atoms. The molecule has 0 aliphatic rings. The highest BCUT2D eigenvalue weighted by Crippen LogP contribution is 2.15. The van der Waals surface area contributed by atoms with Crippen molar-refractivity contribution in [3.8, 4) is 17.6 Å². The highest BCUT2D eigenvalue weighted by Gasteiger charge is 1.98. The lowest BCUT2D eigenvalue weighted by Gasteiger charge is -2.05. The zero-order chi connectivity index (χ0) is 11.8. The summed E-state index contributed by atoms with van der Waals surface area (Å²) in [6.45, 7) is 2.57. The Balaban J connectivity index is 2.56. The third kappa shape index (κ3) is 4.03. The van der Waals surface area contributed by atoms with Crippen LogP contribution in [0.4, 0.5) is 5.69 Å². The summed E-state index contributed by atoms with van der Waals surface area (Å²) in [7, 11) is 0. The molecule has 0 atom stereocenters. The molecule has 4 nitrogen and oxygen atoms in total. The van der Waals surface area contributed by atoms with Gasteiger partial charge in [-0.05, 0) is 37.1 Å². The first kappa shape index (κ1) is 12.1. The van der Waals surface area contributed by atoms with Crippen molar-refractivity contribution < 1.29 is 9.53 Å². The van der Waals surface area contributed by atoms with Gasteiger partial charge in [0, 0.05) is 12.2 Å². The first-order valence-electron chi connectivity index (χ1n) is 4.93. The average molecular weight is 218 g/mol. The topological polar surface area (TPSA) is 64.3 Å². The molecule has 0 heterocycles. The maximum atomic E-state index is 11.1. The van der Waals surface area contributed by atoms with E-state index >= 15 is 0 Å². The van der Waals surface area contributed by atoms with Gasteiger partial charge in [0.05, 0.1) is 0 Å². The van der Waals surface area contributed by atoms with Crippen molar-refractivity contribution in [3.63, 3.8) is 0 Å². The van der Waals surface area contributed by atoms with Gasteiger partial charge in [-0.2, -0.15) is 0 Å². The number of carbonyl (C=O) groups excluding carboxylic acids is 1. The fourth-order valence-corrected chi connectivity index (χ4v) is 1.09. The van der Waals surface area contributed by atoms with Crippen molar-refractivity contribution in [2.24, 2.45) is 5.73 Å². The molecule has 3 N–H and O–H groups in total. The molecule has 0 aliphatic heterocycles. The summed E-state index contributed by atoms with van der Waals surface area (Å²) in [6, 6.07) is 7.04. The first-order valence-corrected chi connectivity index (χ1v) is 4.93. The predicted molar refractivity (Wildman–Crippen MR) is 63.1 cm³/mol. The molecule has 0 saturated heterocycles. The summed E-state index contributed by atoms with van der Waals surface area (Å²) < 4.78 is 5.30. The first-order chi connectivity index (χ1) is 7.76. The van der Waals surface area contributed by atoms with Crippen LogP contribution in [0.2, 0.25) is 0 Å². The maximum Gasteiger partial charge on any atom is 0.300 e. The number of carbonyl (C=O) groups is 1. The Kier molecular flexibility index (Phi) is 4.90. The normalized spacial score (nSPS) is 8.88. The summed E-state index contributed by atoms with van der Waals surface area (Å²) in [5, 5.41) is 2.63. The van der Waals surface area contributed by atoms with Gasteiger partial charge in [0.1, 0.15) is 12.4 Å². The minimum atomic E-state index is -0.321. The Labute approximate surface area is 94.8 Å². The molecule has 84 valence electrons. The molecule has 0 fully saturated rings. The fraction of sp³-hybridized carbons (Fsp3) is 0.250. The van der Waals surface area contributed by atoms with E-state index in [1.165, 1.54) is 0 Å². The number of nitrogens with one attached hydrogen (secondary N) is 1. The molecule has 4 heteroatoms. The predicted octanol–water partition coefficient (Wildman–Crippen LogP) is 0.986. The number of amides is 1. The van der Waals surface area contributed by atoms with Crippen molar-refractivity contribution in [1.29, 1.82) is 0 Å². The third-order valence-electron chi connectivity index (χ3n) is 1.74. The van der Waals surface area contributed by atoms with Gasteiger partial charge in [-0.1, -0.05) is 5.92 Å². The van der Waals surface area contributed by atoms with Crippen molar-refractivity contribution in [2.45, 2.75) is 6.92 Å². The number of rotatable bonds is 4.